The van der Waals surface area contributed by atoms with E-state index in [1.54, 1.807) is 4.90 Å². The van der Waals surface area contributed by atoms with E-state index in [9.17, 15) is 9.59 Å². The molecule has 0 spiro atoms. The van der Waals surface area contributed by atoms with E-state index >= 15 is 0 Å². The molecule has 2 aliphatic heterocycles. The lowest BCUT2D eigenvalue weighted by Gasteiger charge is -2.34. The topological polar surface area (TPSA) is 71.1 Å². The number of fused-ring (bicyclic) bond motifs is 1. The first-order valence-corrected chi connectivity index (χ1v) is 10.3. The maximum absolute atomic E-state index is 12.7. The third-order valence-corrected chi connectivity index (χ3v) is 5.68. The Morgan fingerprint density at radius 1 is 1.03 bits per heavy atom. The molecule has 0 atom stereocenters. The van der Waals surface area contributed by atoms with Gasteiger partial charge in [-0.2, -0.15) is 0 Å². The van der Waals surface area contributed by atoms with E-state index in [4.69, 9.17) is 9.47 Å². The smallest absolute Gasteiger partial charge is 0.313 e. The first kappa shape index (κ1) is 20.2. The summed E-state index contributed by atoms with van der Waals surface area (Å²) in [6.45, 7) is 7.52. The summed E-state index contributed by atoms with van der Waals surface area (Å²) in [5.41, 5.74) is 3.89. The number of anilines is 1. The lowest BCUT2D eigenvalue weighted by Crippen LogP contribution is -2.51. The Balaban J connectivity index is 1.31. The number of benzene rings is 2. The Hall–Kier alpha value is -3.06. The van der Waals surface area contributed by atoms with Gasteiger partial charge in [-0.05, 0) is 42.2 Å². The van der Waals surface area contributed by atoms with Gasteiger partial charge >= 0.3 is 11.8 Å². The Kier molecular flexibility index (Phi) is 5.90. The van der Waals surface area contributed by atoms with Crippen molar-refractivity contribution in [1.82, 2.24) is 9.80 Å². The van der Waals surface area contributed by atoms with E-state index in [2.05, 4.69) is 10.2 Å². The summed E-state index contributed by atoms with van der Waals surface area (Å²) < 4.78 is 10.8. The summed E-state index contributed by atoms with van der Waals surface area (Å²) in [6.07, 6.45) is 0.796. The highest BCUT2D eigenvalue weighted by Crippen LogP contribution is 2.32. The standard InChI is InChI=1S/C23H27N3O4/c1-3-18-6-4-5-16(2)21(18)24-22(27)23(28)26-11-9-25(10-12-26)14-17-7-8-19-20(13-17)30-15-29-19/h4-8,13H,3,9-12,14-15H2,1-2H3,(H,24,27). The SMILES string of the molecule is CCc1cccc(C)c1NC(=O)C(=O)N1CCN(Cc2ccc3c(c2)OCO3)CC1. The normalized spacial score (nSPS) is 15.9. The summed E-state index contributed by atoms with van der Waals surface area (Å²) in [4.78, 5) is 29.2. The van der Waals surface area contributed by atoms with Crippen LogP contribution in [0.3, 0.4) is 0 Å². The summed E-state index contributed by atoms with van der Waals surface area (Å²) >= 11 is 0. The van der Waals surface area contributed by atoms with Crippen LogP contribution in [0.25, 0.3) is 0 Å². The van der Waals surface area contributed by atoms with Crippen molar-refractivity contribution in [3.05, 3.63) is 53.1 Å². The third-order valence-electron chi connectivity index (χ3n) is 5.68. The quantitative estimate of drug-likeness (QED) is 0.786. The van der Waals surface area contributed by atoms with Crippen LogP contribution in [0, 0.1) is 6.92 Å². The molecule has 1 fully saturated rings. The number of piperazine rings is 1. The molecule has 2 heterocycles. The zero-order chi connectivity index (χ0) is 21.1. The highest BCUT2D eigenvalue weighted by Gasteiger charge is 2.27. The van der Waals surface area contributed by atoms with Crippen molar-refractivity contribution >= 4 is 17.5 Å². The molecule has 1 N–H and O–H groups in total. The fourth-order valence-corrected chi connectivity index (χ4v) is 3.92. The van der Waals surface area contributed by atoms with E-state index in [0.29, 0.717) is 13.1 Å². The first-order valence-electron chi connectivity index (χ1n) is 10.3. The monoisotopic (exact) mass is 409 g/mol. The molecule has 0 unspecified atom stereocenters. The zero-order valence-electron chi connectivity index (χ0n) is 17.4. The fraction of sp³-hybridized carbons (Fsp3) is 0.391. The number of ether oxygens (including phenoxy) is 2. The van der Waals surface area contributed by atoms with E-state index in [1.807, 2.05) is 50.2 Å². The van der Waals surface area contributed by atoms with Gasteiger partial charge in [0.1, 0.15) is 0 Å². The van der Waals surface area contributed by atoms with Crippen LogP contribution in [0.1, 0.15) is 23.6 Å². The number of nitrogens with one attached hydrogen (secondary N) is 1. The minimum Gasteiger partial charge on any atom is -0.454 e. The van der Waals surface area contributed by atoms with Gasteiger partial charge in [0.2, 0.25) is 6.79 Å². The molecule has 2 aliphatic rings. The highest BCUT2D eigenvalue weighted by molar-refractivity contribution is 6.39. The molecule has 158 valence electrons. The van der Waals surface area contributed by atoms with Gasteiger partial charge in [0.25, 0.3) is 0 Å². The molecule has 0 aromatic heterocycles. The summed E-state index contributed by atoms with van der Waals surface area (Å²) in [5, 5.41) is 2.83. The van der Waals surface area contributed by atoms with E-state index in [-0.39, 0.29) is 6.79 Å². The molecule has 0 aliphatic carbocycles. The summed E-state index contributed by atoms with van der Waals surface area (Å²) in [7, 11) is 0. The van der Waals surface area contributed by atoms with Crippen LogP contribution in [-0.2, 0) is 22.6 Å². The molecule has 2 amide bonds. The second-order valence-electron chi connectivity index (χ2n) is 7.67. The summed E-state index contributed by atoms with van der Waals surface area (Å²) in [5.74, 6) is 0.520. The van der Waals surface area contributed by atoms with Crippen LogP contribution in [0.2, 0.25) is 0 Å². The minimum absolute atomic E-state index is 0.268. The van der Waals surface area contributed by atoms with Crippen molar-refractivity contribution in [2.75, 3.05) is 38.3 Å². The molecule has 1 saturated heterocycles. The van der Waals surface area contributed by atoms with E-state index in [1.165, 1.54) is 0 Å². The number of hydrogen-bond donors (Lipinski definition) is 1. The van der Waals surface area contributed by atoms with Crippen molar-refractivity contribution in [3.8, 4) is 11.5 Å². The highest BCUT2D eigenvalue weighted by atomic mass is 16.7. The van der Waals surface area contributed by atoms with Gasteiger partial charge in [-0.25, -0.2) is 0 Å². The molecule has 7 heteroatoms. The molecule has 0 saturated carbocycles. The number of para-hydroxylation sites is 1. The zero-order valence-corrected chi connectivity index (χ0v) is 17.4. The molecule has 30 heavy (non-hydrogen) atoms. The molecule has 2 aromatic carbocycles. The third kappa shape index (κ3) is 4.26. The van der Waals surface area contributed by atoms with Crippen LogP contribution in [-0.4, -0.2) is 54.6 Å². The van der Waals surface area contributed by atoms with Crippen molar-refractivity contribution in [2.24, 2.45) is 0 Å². The van der Waals surface area contributed by atoms with Gasteiger partial charge in [0.15, 0.2) is 11.5 Å². The minimum atomic E-state index is -0.566. The number of carbonyl (C=O) groups excluding carboxylic acids is 2. The average molecular weight is 409 g/mol. The lowest BCUT2D eigenvalue weighted by atomic mass is 10.1. The molecule has 0 bridgehead atoms. The van der Waals surface area contributed by atoms with Crippen LogP contribution in [0.15, 0.2) is 36.4 Å². The molecule has 4 rings (SSSR count). The van der Waals surface area contributed by atoms with Crippen molar-refractivity contribution in [3.63, 3.8) is 0 Å². The molecule has 7 nitrogen and oxygen atoms in total. The van der Waals surface area contributed by atoms with Crippen molar-refractivity contribution in [2.45, 2.75) is 26.8 Å². The van der Waals surface area contributed by atoms with Gasteiger partial charge in [0, 0.05) is 38.4 Å². The van der Waals surface area contributed by atoms with E-state index in [0.717, 1.165) is 59.9 Å². The fourth-order valence-electron chi connectivity index (χ4n) is 3.92. The van der Waals surface area contributed by atoms with E-state index < -0.39 is 11.8 Å². The Labute approximate surface area is 176 Å². The van der Waals surface area contributed by atoms with Gasteiger partial charge in [-0.15, -0.1) is 0 Å². The van der Waals surface area contributed by atoms with Crippen LogP contribution < -0.4 is 14.8 Å². The molecule has 2 aromatic rings. The van der Waals surface area contributed by atoms with Gasteiger partial charge in [0.05, 0.1) is 0 Å². The predicted molar refractivity (Wildman–Crippen MR) is 114 cm³/mol. The van der Waals surface area contributed by atoms with Crippen LogP contribution in [0.4, 0.5) is 5.69 Å². The number of nitrogens with zero attached hydrogens (tertiary/aromatic N) is 2. The van der Waals surface area contributed by atoms with Crippen LogP contribution in [0.5, 0.6) is 11.5 Å². The maximum atomic E-state index is 12.7. The molecular weight excluding hydrogens is 382 g/mol. The van der Waals surface area contributed by atoms with Crippen LogP contribution >= 0.6 is 0 Å². The Morgan fingerprint density at radius 3 is 2.57 bits per heavy atom. The lowest BCUT2D eigenvalue weighted by molar-refractivity contribution is -0.144. The number of amides is 2. The maximum Gasteiger partial charge on any atom is 0.313 e. The molecule has 0 radical (unpaired) electrons. The van der Waals surface area contributed by atoms with Gasteiger partial charge in [-0.1, -0.05) is 31.2 Å². The predicted octanol–water partition coefficient (Wildman–Crippen LogP) is 2.57. The van der Waals surface area contributed by atoms with Gasteiger partial charge < -0.3 is 19.7 Å². The van der Waals surface area contributed by atoms with Gasteiger partial charge in [-0.3, -0.25) is 14.5 Å². The Bertz CT molecular complexity index is 951. The van der Waals surface area contributed by atoms with Crippen molar-refractivity contribution < 1.29 is 19.1 Å². The number of aryl methyl sites for hydroxylation is 2. The largest absolute Gasteiger partial charge is 0.454 e. The van der Waals surface area contributed by atoms with Crippen molar-refractivity contribution in [1.29, 1.82) is 0 Å². The second kappa shape index (κ2) is 8.75. The number of hydrogen-bond acceptors (Lipinski definition) is 5. The number of rotatable bonds is 4. The Morgan fingerprint density at radius 2 is 1.80 bits per heavy atom. The second-order valence-corrected chi connectivity index (χ2v) is 7.67. The summed E-state index contributed by atoms with van der Waals surface area (Å²) in [6, 6.07) is 11.8. The number of carbonyl (C=O) groups is 2. The molecular formula is C23H27N3O4. The average Bonchev–Trinajstić information content (AvgIpc) is 3.23. The first-order chi connectivity index (χ1) is 14.5.